The molecule has 1 aromatic carbocycles. The smallest absolute Gasteiger partial charge is 0.164 e. The lowest BCUT2D eigenvalue weighted by Crippen LogP contribution is -2.08. The Labute approximate surface area is 123 Å². The minimum absolute atomic E-state index is 0.256. The molecule has 0 unspecified atom stereocenters. The highest BCUT2D eigenvalue weighted by atomic mass is 16.5. The molecule has 1 heterocycles. The Kier molecular flexibility index (Phi) is 5.31. The monoisotopic (exact) mass is 289 g/mol. The largest absolute Gasteiger partial charge is 0.493 e. The van der Waals surface area contributed by atoms with Crippen LogP contribution in [0.2, 0.25) is 0 Å². The fraction of sp³-hybridized carbons (Fsp3) is 0.400. The zero-order valence-electron chi connectivity index (χ0n) is 12.3. The van der Waals surface area contributed by atoms with Crippen LogP contribution in [0.4, 0.5) is 0 Å². The molecule has 0 bridgehead atoms. The third kappa shape index (κ3) is 3.81. The van der Waals surface area contributed by atoms with Crippen LogP contribution in [-0.4, -0.2) is 27.7 Å². The van der Waals surface area contributed by atoms with Crippen LogP contribution in [0.3, 0.4) is 0 Å². The lowest BCUT2D eigenvalue weighted by molar-refractivity contribution is 0.111. The molecule has 0 atom stereocenters. The quantitative estimate of drug-likeness (QED) is 0.698. The first-order chi connectivity index (χ1) is 10.3. The predicted octanol–water partition coefficient (Wildman–Crippen LogP) is 2.48. The van der Waals surface area contributed by atoms with Crippen molar-refractivity contribution in [1.29, 1.82) is 0 Å². The summed E-state index contributed by atoms with van der Waals surface area (Å²) in [5.74, 6) is 1.90. The van der Waals surface area contributed by atoms with Gasteiger partial charge < -0.3 is 9.47 Å². The van der Waals surface area contributed by atoms with Crippen LogP contribution in [-0.2, 0) is 13.2 Å². The van der Waals surface area contributed by atoms with Crippen molar-refractivity contribution in [3.05, 3.63) is 35.9 Å². The van der Waals surface area contributed by atoms with Gasteiger partial charge in [-0.3, -0.25) is 4.79 Å². The summed E-state index contributed by atoms with van der Waals surface area (Å²) in [6.07, 6.45) is 3.18. The molecule has 0 saturated heterocycles. The van der Waals surface area contributed by atoms with Crippen molar-refractivity contribution in [2.24, 2.45) is 0 Å². The molecule has 2 aromatic rings. The fourth-order valence-corrected chi connectivity index (χ4v) is 1.85. The number of aromatic nitrogens is 3. The molecule has 0 radical (unpaired) electrons. The normalized spacial score (nSPS) is 10.4. The van der Waals surface area contributed by atoms with Gasteiger partial charge in [0.2, 0.25) is 0 Å². The lowest BCUT2D eigenvalue weighted by Gasteiger charge is -2.11. The number of aldehydes is 1. The topological polar surface area (TPSA) is 66.2 Å². The summed E-state index contributed by atoms with van der Waals surface area (Å²) >= 11 is 0. The molecule has 0 N–H and O–H groups in total. The summed E-state index contributed by atoms with van der Waals surface area (Å²) < 4.78 is 13.0. The van der Waals surface area contributed by atoms with Crippen LogP contribution >= 0.6 is 0 Å². The Hall–Kier alpha value is -2.37. The molecule has 0 fully saturated rings. The zero-order chi connectivity index (χ0) is 15.1. The van der Waals surface area contributed by atoms with Crippen molar-refractivity contribution in [3.8, 4) is 11.5 Å². The minimum Gasteiger partial charge on any atom is -0.493 e. The number of ether oxygens (including phenoxy) is 2. The second kappa shape index (κ2) is 7.42. The average molecular weight is 289 g/mol. The van der Waals surface area contributed by atoms with Gasteiger partial charge in [-0.1, -0.05) is 6.92 Å². The van der Waals surface area contributed by atoms with Crippen molar-refractivity contribution in [3.63, 3.8) is 0 Å². The highest BCUT2D eigenvalue weighted by Crippen LogP contribution is 2.24. The molecule has 0 amide bonds. The summed E-state index contributed by atoms with van der Waals surface area (Å²) in [7, 11) is 0. The van der Waals surface area contributed by atoms with E-state index in [0.29, 0.717) is 29.5 Å². The maximum atomic E-state index is 11.1. The van der Waals surface area contributed by atoms with Gasteiger partial charge in [-0.2, -0.15) is 5.10 Å². The van der Waals surface area contributed by atoms with Gasteiger partial charge in [0.25, 0.3) is 0 Å². The minimum atomic E-state index is 0.256. The van der Waals surface area contributed by atoms with E-state index in [1.807, 2.05) is 13.8 Å². The first-order valence-electron chi connectivity index (χ1n) is 7.00. The molecule has 112 valence electrons. The number of hydrogen-bond donors (Lipinski definition) is 0. The Morgan fingerprint density at radius 1 is 1.29 bits per heavy atom. The van der Waals surface area contributed by atoms with Crippen molar-refractivity contribution < 1.29 is 14.3 Å². The third-order valence-electron chi connectivity index (χ3n) is 2.94. The summed E-state index contributed by atoms with van der Waals surface area (Å²) in [5.41, 5.74) is 0.487. The van der Waals surface area contributed by atoms with Crippen LogP contribution in [0.5, 0.6) is 11.5 Å². The molecule has 0 saturated carbocycles. The zero-order valence-corrected chi connectivity index (χ0v) is 12.3. The molecule has 6 heteroatoms. The number of benzene rings is 1. The van der Waals surface area contributed by atoms with E-state index in [4.69, 9.17) is 9.47 Å². The van der Waals surface area contributed by atoms with Crippen molar-refractivity contribution in [2.75, 3.05) is 6.61 Å². The first kappa shape index (κ1) is 15.0. The summed E-state index contributed by atoms with van der Waals surface area (Å²) in [5, 5.41) is 4.08. The van der Waals surface area contributed by atoms with E-state index in [1.165, 1.54) is 6.33 Å². The van der Waals surface area contributed by atoms with Crippen LogP contribution < -0.4 is 9.47 Å². The number of rotatable bonds is 8. The van der Waals surface area contributed by atoms with Crippen LogP contribution in [0, 0.1) is 0 Å². The second-order valence-electron chi connectivity index (χ2n) is 4.45. The van der Waals surface area contributed by atoms with E-state index in [2.05, 4.69) is 10.1 Å². The molecule has 21 heavy (non-hydrogen) atoms. The lowest BCUT2D eigenvalue weighted by atomic mass is 10.2. The fourth-order valence-electron chi connectivity index (χ4n) is 1.85. The van der Waals surface area contributed by atoms with E-state index < -0.39 is 0 Å². The Bertz CT molecular complexity index is 596. The predicted molar refractivity (Wildman–Crippen MR) is 77.6 cm³/mol. The van der Waals surface area contributed by atoms with Gasteiger partial charge in [0.05, 0.1) is 12.2 Å². The van der Waals surface area contributed by atoms with Crippen molar-refractivity contribution in [2.45, 2.75) is 33.4 Å². The van der Waals surface area contributed by atoms with Gasteiger partial charge in [0, 0.05) is 12.6 Å². The molecular weight excluding hydrogens is 270 g/mol. The van der Waals surface area contributed by atoms with Gasteiger partial charge in [0.15, 0.2) is 12.1 Å². The molecule has 1 aromatic heterocycles. The molecule has 6 nitrogen and oxygen atoms in total. The summed E-state index contributed by atoms with van der Waals surface area (Å²) in [6.45, 7) is 5.62. The third-order valence-corrected chi connectivity index (χ3v) is 2.94. The molecule has 2 rings (SSSR count). The average Bonchev–Trinajstić information content (AvgIpc) is 2.98. The molecule has 0 aliphatic carbocycles. The Balaban J connectivity index is 2.11. The van der Waals surface area contributed by atoms with E-state index >= 15 is 0 Å². The Morgan fingerprint density at radius 2 is 2.14 bits per heavy atom. The van der Waals surface area contributed by atoms with E-state index in [-0.39, 0.29) is 6.61 Å². The molecule has 0 aliphatic rings. The van der Waals surface area contributed by atoms with E-state index in [0.717, 1.165) is 19.3 Å². The number of hydrogen-bond acceptors (Lipinski definition) is 5. The first-order valence-corrected chi connectivity index (χ1v) is 7.00. The second-order valence-corrected chi connectivity index (χ2v) is 4.45. The standard InChI is InChI=1S/C15H19N3O3/c1-3-7-20-13-6-5-12(9-19)14(8-13)21-10-15-16-11-17-18(15)4-2/h5-6,8-9,11H,3-4,7,10H2,1-2H3. The molecular formula is C15H19N3O3. The van der Waals surface area contributed by atoms with Gasteiger partial charge in [-0.05, 0) is 25.5 Å². The highest BCUT2D eigenvalue weighted by molar-refractivity contribution is 5.79. The SMILES string of the molecule is CCCOc1ccc(C=O)c(OCc2ncnn2CC)c1. The van der Waals surface area contributed by atoms with E-state index in [9.17, 15) is 4.79 Å². The van der Waals surface area contributed by atoms with Gasteiger partial charge in [-0.25, -0.2) is 9.67 Å². The van der Waals surface area contributed by atoms with Crippen LogP contribution in [0.25, 0.3) is 0 Å². The molecule has 0 spiro atoms. The van der Waals surface area contributed by atoms with Crippen LogP contribution in [0.1, 0.15) is 36.5 Å². The van der Waals surface area contributed by atoms with Crippen LogP contribution in [0.15, 0.2) is 24.5 Å². The van der Waals surface area contributed by atoms with Crippen molar-refractivity contribution in [1.82, 2.24) is 14.8 Å². The number of nitrogens with zero attached hydrogens (tertiary/aromatic N) is 3. The van der Waals surface area contributed by atoms with Crippen molar-refractivity contribution >= 4 is 6.29 Å². The number of carbonyl (C=O) groups is 1. The maximum absolute atomic E-state index is 11.1. The maximum Gasteiger partial charge on any atom is 0.164 e. The van der Waals surface area contributed by atoms with Gasteiger partial charge in [-0.15, -0.1) is 0 Å². The number of aryl methyl sites for hydroxylation is 1. The highest BCUT2D eigenvalue weighted by Gasteiger charge is 2.08. The van der Waals surface area contributed by atoms with E-state index in [1.54, 1.807) is 22.9 Å². The van der Waals surface area contributed by atoms with Gasteiger partial charge >= 0.3 is 0 Å². The number of carbonyl (C=O) groups excluding carboxylic acids is 1. The Morgan fingerprint density at radius 3 is 2.86 bits per heavy atom. The summed E-state index contributed by atoms with van der Waals surface area (Å²) in [4.78, 5) is 15.2. The molecule has 0 aliphatic heterocycles. The van der Waals surface area contributed by atoms with Gasteiger partial charge in [0.1, 0.15) is 24.4 Å². The summed E-state index contributed by atoms with van der Waals surface area (Å²) in [6, 6.07) is 5.19.